The third-order valence-electron chi connectivity index (χ3n) is 1.13. The minimum absolute atomic E-state index is 0.270. The Bertz CT molecular complexity index is 79.6. The Hall–Kier alpha value is -0.370. The van der Waals surface area contributed by atoms with E-state index in [1.807, 2.05) is 13.8 Å². The fourth-order valence-electron chi connectivity index (χ4n) is 0.620. The standard InChI is InChI=1S/C7H14O2.C2H6/c1-7(8)5-3-4-6-9-2;1-2/h3-6H2,1-2H3;1-2H3. The van der Waals surface area contributed by atoms with Crippen molar-refractivity contribution in [2.45, 2.75) is 40.0 Å². The van der Waals surface area contributed by atoms with Crippen molar-refractivity contribution in [1.82, 2.24) is 0 Å². The molecule has 0 radical (unpaired) electrons. The molecular formula is C9H20O2. The van der Waals surface area contributed by atoms with E-state index in [1.54, 1.807) is 14.0 Å². The van der Waals surface area contributed by atoms with Crippen molar-refractivity contribution in [1.29, 1.82) is 0 Å². The van der Waals surface area contributed by atoms with Crippen LogP contribution >= 0.6 is 0 Å². The van der Waals surface area contributed by atoms with Gasteiger partial charge in [0, 0.05) is 20.1 Å². The number of hydrogen-bond donors (Lipinski definition) is 0. The molecule has 0 fully saturated rings. The van der Waals surface area contributed by atoms with Crippen molar-refractivity contribution in [2.24, 2.45) is 0 Å². The van der Waals surface area contributed by atoms with Crippen LogP contribution in [0.15, 0.2) is 0 Å². The topological polar surface area (TPSA) is 26.3 Å². The average Bonchev–Trinajstić information content (AvgIpc) is 2.02. The minimum Gasteiger partial charge on any atom is -0.385 e. The predicted molar refractivity (Wildman–Crippen MR) is 47.8 cm³/mol. The number of carbonyl (C=O) groups excluding carboxylic acids is 1. The molecule has 68 valence electrons. The van der Waals surface area contributed by atoms with Gasteiger partial charge in [0.25, 0.3) is 0 Å². The van der Waals surface area contributed by atoms with Crippen molar-refractivity contribution in [3.05, 3.63) is 0 Å². The lowest BCUT2D eigenvalue weighted by Crippen LogP contribution is -1.92. The van der Waals surface area contributed by atoms with Gasteiger partial charge >= 0.3 is 0 Å². The zero-order chi connectivity index (χ0) is 9.11. The average molecular weight is 160 g/mol. The highest BCUT2D eigenvalue weighted by molar-refractivity contribution is 5.75. The van der Waals surface area contributed by atoms with Gasteiger partial charge in [-0.25, -0.2) is 0 Å². The van der Waals surface area contributed by atoms with E-state index in [-0.39, 0.29) is 5.78 Å². The van der Waals surface area contributed by atoms with Gasteiger partial charge < -0.3 is 9.53 Å². The van der Waals surface area contributed by atoms with E-state index in [4.69, 9.17) is 4.74 Å². The maximum absolute atomic E-state index is 10.4. The number of ketones is 1. The molecule has 0 saturated heterocycles. The lowest BCUT2D eigenvalue weighted by molar-refractivity contribution is -0.117. The minimum atomic E-state index is 0.270. The molecule has 2 nitrogen and oxygen atoms in total. The summed E-state index contributed by atoms with van der Waals surface area (Å²) in [4.78, 5) is 10.4. The fourth-order valence-corrected chi connectivity index (χ4v) is 0.620. The Labute approximate surface area is 69.9 Å². The van der Waals surface area contributed by atoms with Crippen molar-refractivity contribution in [3.8, 4) is 0 Å². The van der Waals surface area contributed by atoms with Gasteiger partial charge in [0.2, 0.25) is 0 Å². The highest BCUT2D eigenvalue weighted by Crippen LogP contribution is 1.95. The van der Waals surface area contributed by atoms with Crippen LogP contribution in [-0.2, 0) is 9.53 Å². The zero-order valence-electron chi connectivity index (χ0n) is 8.14. The lowest BCUT2D eigenvalue weighted by Gasteiger charge is -1.95. The summed E-state index contributed by atoms with van der Waals surface area (Å²) >= 11 is 0. The molecule has 0 aromatic heterocycles. The van der Waals surface area contributed by atoms with Gasteiger partial charge in [0.15, 0.2) is 0 Å². The van der Waals surface area contributed by atoms with Gasteiger partial charge in [0.05, 0.1) is 0 Å². The van der Waals surface area contributed by atoms with Gasteiger partial charge in [-0.1, -0.05) is 13.8 Å². The first-order valence-corrected chi connectivity index (χ1v) is 4.25. The first-order chi connectivity index (χ1) is 5.27. The molecule has 0 aliphatic heterocycles. The van der Waals surface area contributed by atoms with E-state index in [2.05, 4.69) is 0 Å². The third-order valence-corrected chi connectivity index (χ3v) is 1.13. The molecule has 0 unspecified atom stereocenters. The maximum Gasteiger partial charge on any atom is 0.129 e. The van der Waals surface area contributed by atoms with E-state index in [1.165, 1.54) is 0 Å². The summed E-state index contributed by atoms with van der Waals surface area (Å²) in [6, 6.07) is 0. The van der Waals surface area contributed by atoms with Crippen LogP contribution in [0.2, 0.25) is 0 Å². The highest BCUT2D eigenvalue weighted by Gasteiger charge is 1.91. The van der Waals surface area contributed by atoms with Crippen molar-refractivity contribution >= 4 is 5.78 Å². The van der Waals surface area contributed by atoms with Gasteiger partial charge in [-0.05, 0) is 19.8 Å². The largest absolute Gasteiger partial charge is 0.385 e. The summed E-state index contributed by atoms with van der Waals surface area (Å²) in [5, 5.41) is 0. The molecule has 0 N–H and O–H groups in total. The van der Waals surface area contributed by atoms with E-state index < -0.39 is 0 Å². The van der Waals surface area contributed by atoms with Gasteiger partial charge in [0.1, 0.15) is 5.78 Å². The van der Waals surface area contributed by atoms with Crippen LogP contribution in [0, 0.1) is 0 Å². The summed E-state index contributed by atoms with van der Waals surface area (Å²) in [6.07, 6.45) is 2.66. The smallest absolute Gasteiger partial charge is 0.129 e. The Balaban J connectivity index is 0. The molecule has 0 bridgehead atoms. The van der Waals surface area contributed by atoms with Crippen LogP contribution in [0.1, 0.15) is 40.0 Å². The molecule has 0 saturated carbocycles. The first kappa shape index (κ1) is 13.2. The van der Waals surface area contributed by atoms with Crippen LogP contribution in [0.4, 0.5) is 0 Å². The number of ether oxygens (including phenoxy) is 1. The molecule has 0 aliphatic rings. The molecule has 0 spiro atoms. The van der Waals surface area contributed by atoms with Crippen molar-refractivity contribution < 1.29 is 9.53 Å². The number of unbranched alkanes of at least 4 members (excludes halogenated alkanes) is 1. The summed E-state index contributed by atoms with van der Waals surface area (Å²) < 4.78 is 4.81. The van der Waals surface area contributed by atoms with E-state index in [9.17, 15) is 4.79 Å². The second-order valence-corrected chi connectivity index (χ2v) is 2.15. The summed E-state index contributed by atoms with van der Waals surface area (Å²) in [7, 11) is 1.67. The number of methoxy groups -OCH3 is 1. The Morgan fingerprint density at radius 1 is 1.27 bits per heavy atom. The molecule has 0 heterocycles. The van der Waals surface area contributed by atoms with Crippen LogP contribution in [0.25, 0.3) is 0 Å². The number of Topliss-reactive ketones (excluding diaryl/α,β-unsaturated/α-hetero) is 1. The van der Waals surface area contributed by atoms with E-state index in [0.29, 0.717) is 6.42 Å². The number of rotatable bonds is 5. The Morgan fingerprint density at radius 2 is 1.82 bits per heavy atom. The van der Waals surface area contributed by atoms with Gasteiger partial charge in [-0.3, -0.25) is 0 Å². The lowest BCUT2D eigenvalue weighted by atomic mass is 10.2. The van der Waals surface area contributed by atoms with Crippen LogP contribution in [0.3, 0.4) is 0 Å². The maximum atomic E-state index is 10.4. The van der Waals surface area contributed by atoms with Crippen LogP contribution < -0.4 is 0 Å². The Kier molecular flexibility index (Phi) is 14.8. The molecule has 11 heavy (non-hydrogen) atoms. The zero-order valence-corrected chi connectivity index (χ0v) is 8.14. The molecule has 2 heteroatoms. The SMILES string of the molecule is CC.COCCCCC(C)=O. The highest BCUT2D eigenvalue weighted by atomic mass is 16.5. The number of carbonyl (C=O) groups is 1. The summed E-state index contributed by atoms with van der Waals surface area (Å²) in [6.45, 7) is 6.39. The van der Waals surface area contributed by atoms with Gasteiger partial charge in [-0.15, -0.1) is 0 Å². The van der Waals surface area contributed by atoms with E-state index in [0.717, 1.165) is 19.4 Å². The molecule has 0 aromatic carbocycles. The Morgan fingerprint density at radius 3 is 2.18 bits per heavy atom. The molecule has 0 amide bonds. The predicted octanol–water partition coefficient (Wildman–Crippen LogP) is 2.42. The number of hydrogen-bond acceptors (Lipinski definition) is 2. The van der Waals surface area contributed by atoms with Gasteiger partial charge in [-0.2, -0.15) is 0 Å². The second kappa shape index (κ2) is 12.3. The fraction of sp³-hybridized carbons (Fsp3) is 0.889. The summed E-state index contributed by atoms with van der Waals surface area (Å²) in [5.41, 5.74) is 0. The third kappa shape index (κ3) is 17.7. The summed E-state index contributed by atoms with van der Waals surface area (Å²) in [5.74, 6) is 0.270. The van der Waals surface area contributed by atoms with E-state index >= 15 is 0 Å². The van der Waals surface area contributed by atoms with Crippen LogP contribution in [-0.4, -0.2) is 19.5 Å². The normalized spacial score (nSPS) is 8.36. The molecule has 0 aliphatic carbocycles. The molecule has 0 atom stereocenters. The quantitative estimate of drug-likeness (QED) is 0.577. The first-order valence-electron chi connectivity index (χ1n) is 4.25. The van der Waals surface area contributed by atoms with Crippen LogP contribution in [0.5, 0.6) is 0 Å². The molecule has 0 rings (SSSR count). The monoisotopic (exact) mass is 160 g/mol. The van der Waals surface area contributed by atoms with Crippen molar-refractivity contribution in [2.75, 3.05) is 13.7 Å². The van der Waals surface area contributed by atoms with Crippen molar-refractivity contribution in [3.63, 3.8) is 0 Å². The molecular weight excluding hydrogens is 140 g/mol. The molecule has 0 aromatic rings. The second-order valence-electron chi connectivity index (χ2n) is 2.15.